The van der Waals surface area contributed by atoms with Gasteiger partial charge in [0, 0.05) is 19.3 Å². The van der Waals surface area contributed by atoms with Gasteiger partial charge in [-0.3, -0.25) is 14.4 Å². The number of halogens is 3. The average molecular weight is 344 g/mol. The summed E-state index contributed by atoms with van der Waals surface area (Å²) in [5.41, 5.74) is -0.968. The monoisotopic (exact) mass is 344 g/mol. The van der Waals surface area contributed by atoms with Crippen molar-refractivity contribution in [2.45, 2.75) is 25.6 Å². The maximum atomic E-state index is 12.4. The number of hydrogen-bond acceptors (Lipinski definition) is 4. The van der Waals surface area contributed by atoms with Gasteiger partial charge in [0.1, 0.15) is 11.9 Å². The standard InChI is InChI=1S/C14H15F3N4O3/c1-8-11(22)18-5-2-6-21(8)13(24)12(23)20-10-4-3-9(7-19-10)14(15,16)17/h3-4,7-8H,2,5-6H2,1H3,(H,18,22)(H,19,20,23)/t8-/m1/s1. The number of alkyl halides is 3. The Kier molecular flexibility index (Phi) is 5.05. The minimum Gasteiger partial charge on any atom is -0.354 e. The third-order valence-corrected chi connectivity index (χ3v) is 3.51. The molecule has 2 heterocycles. The van der Waals surface area contributed by atoms with Gasteiger partial charge < -0.3 is 15.5 Å². The van der Waals surface area contributed by atoms with E-state index in [4.69, 9.17) is 0 Å². The minimum absolute atomic E-state index is 0.187. The van der Waals surface area contributed by atoms with Crippen LogP contribution in [0, 0.1) is 0 Å². The highest BCUT2D eigenvalue weighted by Crippen LogP contribution is 2.28. The molecule has 1 atom stereocenters. The van der Waals surface area contributed by atoms with Gasteiger partial charge in [-0.1, -0.05) is 0 Å². The molecule has 0 bridgehead atoms. The molecule has 7 nitrogen and oxygen atoms in total. The molecule has 2 rings (SSSR count). The molecule has 1 fully saturated rings. The van der Waals surface area contributed by atoms with Crippen LogP contribution in [0.3, 0.4) is 0 Å². The van der Waals surface area contributed by atoms with Gasteiger partial charge in [-0.05, 0) is 25.5 Å². The first kappa shape index (κ1) is 17.7. The third kappa shape index (κ3) is 4.00. The number of amides is 3. The highest BCUT2D eigenvalue weighted by Gasteiger charge is 2.33. The smallest absolute Gasteiger partial charge is 0.354 e. The van der Waals surface area contributed by atoms with Gasteiger partial charge in [-0.2, -0.15) is 13.2 Å². The van der Waals surface area contributed by atoms with Crippen molar-refractivity contribution >= 4 is 23.5 Å². The Hall–Kier alpha value is -2.65. The number of aromatic nitrogens is 1. The molecule has 0 spiro atoms. The molecule has 0 saturated carbocycles. The predicted octanol–water partition coefficient (Wildman–Crippen LogP) is 0.776. The Bertz CT molecular complexity index is 646. The largest absolute Gasteiger partial charge is 0.417 e. The lowest BCUT2D eigenvalue weighted by atomic mass is 10.2. The van der Waals surface area contributed by atoms with E-state index in [0.717, 1.165) is 17.0 Å². The van der Waals surface area contributed by atoms with E-state index in [9.17, 15) is 27.6 Å². The fraction of sp³-hybridized carbons (Fsp3) is 0.429. The van der Waals surface area contributed by atoms with Gasteiger partial charge in [-0.25, -0.2) is 4.98 Å². The van der Waals surface area contributed by atoms with E-state index in [1.807, 2.05) is 0 Å². The van der Waals surface area contributed by atoms with E-state index in [-0.39, 0.29) is 18.3 Å². The molecular formula is C14H15F3N4O3. The maximum Gasteiger partial charge on any atom is 0.417 e. The lowest BCUT2D eigenvalue weighted by Gasteiger charge is -2.24. The Labute approximate surface area is 135 Å². The number of nitrogens with one attached hydrogen (secondary N) is 2. The van der Waals surface area contributed by atoms with E-state index in [2.05, 4.69) is 15.6 Å². The van der Waals surface area contributed by atoms with Crippen molar-refractivity contribution in [3.05, 3.63) is 23.9 Å². The number of nitrogens with zero attached hydrogens (tertiary/aromatic N) is 2. The molecule has 24 heavy (non-hydrogen) atoms. The van der Waals surface area contributed by atoms with Crippen molar-refractivity contribution in [2.24, 2.45) is 0 Å². The average Bonchev–Trinajstić information content (AvgIpc) is 2.68. The zero-order valence-electron chi connectivity index (χ0n) is 12.7. The van der Waals surface area contributed by atoms with Crippen LogP contribution in [0.5, 0.6) is 0 Å². The molecule has 1 aromatic rings. The summed E-state index contributed by atoms with van der Waals surface area (Å²) in [6, 6.07) is 0.882. The molecule has 0 aromatic carbocycles. The molecule has 1 saturated heterocycles. The van der Waals surface area contributed by atoms with Gasteiger partial charge in [-0.15, -0.1) is 0 Å². The van der Waals surface area contributed by atoms with Gasteiger partial charge in [0.25, 0.3) is 0 Å². The summed E-state index contributed by atoms with van der Waals surface area (Å²) in [6.07, 6.45) is -3.49. The van der Waals surface area contributed by atoms with Crippen LogP contribution in [0.15, 0.2) is 18.3 Å². The molecule has 10 heteroatoms. The summed E-state index contributed by atoms with van der Waals surface area (Å²) in [7, 11) is 0. The first-order valence-corrected chi connectivity index (χ1v) is 7.13. The Morgan fingerprint density at radius 1 is 1.38 bits per heavy atom. The van der Waals surface area contributed by atoms with Crippen LogP contribution >= 0.6 is 0 Å². The lowest BCUT2D eigenvalue weighted by molar-refractivity contribution is -0.146. The summed E-state index contributed by atoms with van der Waals surface area (Å²) in [4.78, 5) is 40.4. The molecule has 1 aliphatic heterocycles. The minimum atomic E-state index is -4.54. The SMILES string of the molecule is C[C@@H]1C(=O)NCCCN1C(=O)C(=O)Nc1ccc(C(F)(F)F)cn1. The van der Waals surface area contributed by atoms with Crippen molar-refractivity contribution in [3.8, 4) is 0 Å². The molecule has 1 aromatic heterocycles. The second-order valence-electron chi connectivity index (χ2n) is 5.20. The van der Waals surface area contributed by atoms with Crippen LogP contribution in [0.25, 0.3) is 0 Å². The van der Waals surface area contributed by atoms with Crippen molar-refractivity contribution in [2.75, 3.05) is 18.4 Å². The van der Waals surface area contributed by atoms with Gasteiger partial charge >= 0.3 is 18.0 Å². The Morgan fingerprint density at radius 2 is 2.08 bits per heavy atom. The number of carbonyl (C=O) groups is 3. The zero-order valence-corrected chi connectivity index (χ0v) is 12.7. The third-order valence-electron chi connectivity index (χ3n) is 3.51. The molecule has 130 valence electrons. The van der Waals surface area contributed by atoms with Crippen LogP contribution in [0.1, 0.15) is 18.9 Å². The molecule has 0 radical (unpaired) electrons. The van der Waals surface area contributed by atoms with E-state index in [0.29, 0.717) is 19.2 Å². The van der Waals surface area contributed by atoms with Crippen LogP contribution in [-0.4, -0.2) is 46.7 Å². The van der Waals surface area contributed by atoms with Crippen molar-refractivity contribution < 1.29 is 27.6 Å². The van der Waals surface area contributed by atoms with Crippen molar-refractivity contribution in [3.63, 3.8) is 0 Å². The number of rotatable bonds is 1. The van der Waals surface area contributed by atoms with E-state index in [1.54, 1.807) is 0 Å². The van der Waals surface area contributed by atoms with Gasteiger partial charge in [0.2, 0.25) is 5.91 Å². The molecule has 1 aliphatic rings. The normalized spacial score (nSPS) is 18.6. The fourth-order valence-electron chi connectivity index (χ4n) is 2.16. The lowest BCUT2D eigenvalue weighted by Crippen LogP contribution is -2.49. The van der Waals surface area contributed by atoms with Gasteiger partial charge in [0.15, 0.2) is 0 Å². The number of pyridine rings is 1. The molecule has 3 amide bonds. The van der Waals surface area contributed by atoms with Crippen LogP contribution < -0.4 is 10.6 Å². The van der Waals surface area contributed by atoms with Gasteiger partial charge in [0.05, 0.1) is 5.56 Å². The second-order valence-corrected chi connectivity index (χ2v) is 5.20. The number of hydrogen-bond donors (Lipinski definition) is 2. The summed E-state index contributed by atoms with van der Waals surface area (Å²) < 4.78 is 37.3. The Balaban J connectivity index is 2.06. The maximum absolute atomic E-state index is 12.4. The van der Waals surface area contributed by atoms with Crippen molar-refractivity contribution in [1.29, 1.82) is 0 Å². The predicted molar refractivity (Wildman–Crippen MR) is 76.7 cm³/mol. The van der Waals surface area contributed by atoms with E-state index >= 15 is 0 Å². The van der Waals surface area contributed by atoms with Crippen LogP contribution in [0.4, 0.5) is 19.0 Å². The second kappa shape index (κ2) is 6.85. The summed E-state index contributed by atoms with van der Waals surface area (Å²) in [5.74, 6) is -2.57. The van der Waals surface area contributed by atoms with Crippen LogP contribution in [-0.2, 0) is 20.6 Å². The highest BCUT2D eigenvalue weighted by molar-refractivity contribution is 6.39. The first-order valence-electron chi connectivity index (χ1n) is 7.13. The van der Waals surface area contributed by atoms with E-state index < -0.39 is 29.6 Å². The topological polar surface area (TPSA) is 91.4 Å². The molecule has 2 N–H and O–H groups in total. The molecular weight excluding hydrogens is 329 g/mol. The summed E-state index contributed by atoms with van der Waals surface area (Å²) in [5, 5.41) is 4.74. The zero-order chi connectivity index (χ0) is 17.9. The quantitative estimate of drug-likeness (QED) is 0.737. The molecule has 0 aliphatic carbocycles. The summed E-state index contributed by atoms with van der Waals surface area (Å²) >= 11 is 0. The van der Waals surface area contributed by atoms with Crippen molar-refractivity contribution in [1.82, 2.24) is 15.2 Å². The summed E-state index contributed by atoms with van der Waals surface area (Å²) in [6.45, 7) is 2.10. The van der Waals surface area contributed by atoms with Crippen LogP contribution in [0.2, 0.25) is 0 Å². The fourth-order valence-corrected chi connectivity index (χ4v) is 2.16. The highest BCUT2D eigenvalue weighted by atomic mass is 19.4. The first-order chi connectivity index (χ1) is 11.2. The number of carbonyl (C=O) groups excluding carboxylic acids is 3. The number of anilines is 1. The Morgan fingerprint density at radius 3 is 2.67 bits per heavy atom. The van der Waals surface area contributed by atoms with E-state index in [1.165, 1.54) is 6.92 Å². The molecule has 0 unspecified atom stereocenters.